The number of ether oxygens (including phenoxy) is 2. The number of thioether (sulfide) groups is 1. The first-order valence-electron chi connectivity index (χ1n) is 8.54. The molecule has 29 heavy (non-hydrogen) atoms. The summed E-state index contributed by atoms with van der Waals surface area (Å²) in [5, 5.41) is 0. The molecule has 1 atom stereocenters. The molecular weight excluding hydrogens is 410 g/mol. The lowest BCUT2D eigenvalue weighted by Crippen LogP contribution is -2.37. The van der Waals surface area contributed by atoms with Crippen molar-refractivity contribution in [2.45, 2.75) is 6.04 Å². The third-order valence-electron chi connectivity index (χ3n) is 4.25. The van der Waals surface area contributed by atoms with Crippen LogP contribution in [-0.4, -0.2) is 41.3 Å². The molecular formula is C21H17NO5S2. The zero-order valence-corrected chi connectivity index (χ0v) is 17.3. The number of thiocarbonyl (C=S) groups is 1. The minimum absolute atomic E-state index is 0.270. The van der Waals surface area contributed by atoms with Crippen LogP contribution in [0.5, 0.6) is 0 Å². The molecule has 0 radical (unpaired) electrons. The monoisotopic (exact) mass is 427 g/mol. The molecule has 1 unspecified atom stereocenters. The summed E-state index contributed by atoms with van der Waals surface area (Å²) in [6.45, 7) is 0. The summed E-state index contributed by atoms with van der Waals surface area (Å²) in [4.78, 5) is 38.7. The number of carbonyl (C=O) groups excluding carboxylic acids is 3. The van der Waals surface area contributed by atoms with Gasteiger partial charge < -0.3 is 9.47 Å². The number of hydrogen-bond donors (Lipinski definition) is 0. The highest BCUT2D eigenvalue weighted by molar-refractivity contribution is 8.26. The van der Waals surface area contributed by atoms with E-state index < -0.39 is 18.0 Å². The van der Waals surface area contributed by atoms with Crippen LogP contribution in [0, 0.1) is 0 Å². The Morgan fingerprint density at radius 3 is 2.28 bits per heavy atom. The van der Waals surface area contributed by atoms with Crippen molar-refractivity contribution < 1.29 is 23.9 Å². The van der Waals surface area contributed by atoms with E-state index in [1.54, 1.807) is 54.6 Å². The van der Waals surface area contributed by atoms with Gasteiger partial charge in [-0.3, -0.25) is 9.69 Å². The smallest absolute Gasteiger partial charge is 0.337 e. The van der Waals surface area contributed by atoms with Crippen molar-refractivity contribution in [1.82, 2.24) is 4.90 Å². The quantitative estimate of drug-likeness (QED) is 0.410. The topological polar surface area (TPSA) is 72.9 Å². The first-order chi connectivity index (χ1) is 14.0. The van der Waals surface area contributed by atoms with Gasteiger partial charge >= 0.3 is 11.9 Å². The second-order valence-corrected chi connectivity index (χ2v) is 7.68. The molecule has 2 aromatic carbocycles. The van der Waals surface area contributed by atoms with E-state index in [0.29, 0.717) is 21.6 Å². The average molecular weight is 428 g/mol. The fourth-order valence-corrected chi connectivity index (χ4v) is 4.14. The summed E-state index contributed by atoms with van der Waals surface area (Å²) in [5.41, 5.74) is 1.74. The third kappa shape index (κ3) is 4.38. The van der Waals surface area contributed by atoms with Gasteiger partial charge in [0.2, 0.25) is 0 Å². The van der Waals surface area contributed by atoms with E-state index in [-0.39, 0.29) is 10.2 Å². The molecule has 0 spiro atoms. The standard InChI is InChI=1S/C21H17NO5S2/c1-26-19(24)15-10-8-13(9-11-15)12-16-18(23)22(21(28)29-16)17(20(25)27-2)14-6-4-3-5-7-14/h3-12,17H,1-2H3/b16-12-. The van der Waals surface area contributed by atoms with Crippen molar-refractivity contribution in [3.05, 3.63) is 76.2 Å². The summed E-state index contributed by atoms with van der Waals surface area (Å²) in [7, 11) is 2.58. The second-order valence-electron chi connectivity index (χ2n) is 6.00. The van der Waals surface area contributed by atoms with Gasteiger partial charge in [0.05, 0.1) is 24.7 Å². The molecule has 0 bridgehead atoms. The molecule has 3 rings (SSSR count). The maximum atomic E-state index is 13.0. The lowest BCUT2D eigenvalue weighted by atomic mass is 10.1. The van der Waals surface area contributed by atoms with E-state index in [9.17, 15) is 14.4 Å². The summed E-state index contributed by atoms with van der Waals surface area (Å²) < 4.78 is 9.86. The molecule has 2 aromatic rings. The summed E-state index contributed by atoms with van der Waals surface area (Å²) >= 11 is 6.50. The predicted octanol–water partition coefficient (Wildman–Crippen LogP) is 3.59. The molecule has 1 amide bonds. The molecule has 0 aromatic heterocycles. The Hall–Kier alpha value is -2.97. The van der Waals surface area contributed by atoms with Crippen LogP contribution in [0.1, 0.15) is 27.5 Å². The van der Waals surface area contributed by atoms with Crippen molar-refractivity contribution in [1.29, 1.82) is 0 Å². The predicted molar refractivity (Wildman–Crippen MR) is 114 cm³/mol. The number of esters is 2. The molecule has 1 heterocycles. The van der Waals surface area contributed by atoms with Gasteiger partial charge in [0.15, 0.2) is 6.04 Å². The first kappa shape index (κ1) is 20.8. The minimum Gasteiger partial charge on any atom is -0.467 e. The van der Waals surface area contributed by atoms with E-state index in [1.807, 2.05) is 6.07 Å². The summed E-state index contributed by atoms with van der Waals surface area (Å²) in [6, 6.07) is 14.5. The van der Waals surface area contributed by atoms with Crippen LogP contribution in [0.3, 0.4) is 0 Å². The first-order valence-corrected chi connectivity index (χ1v) is 9.77. The molecule has 0 saturated carbocycles. The van der Waals surface area contributed by atoms with Gasteiger partial charge in [-0.05, 0) is 29.3 Å². The minimum atomic E-state index is -0.957. The van der Waals surface area contributed by atoms with Gasteiger partial charge in [0.1, 0.15) is 4.32 Å². The zero-order chi connectivity index (χ0) is 21.0. The van der Waals surface area contributed by atoms with E-state index >= 15 is 0 Å². The van der Waals surface area contributed by atoms with Crippen LogP contribution in [0.15, 0.2) is 59.5 Å². The van der Waals surface area contributed by atoms with Crippen LogP contribution < -0.4 is 0 Å². The highest BCUT2D eigenvalue weighted by atomic mass is 32.2. The number of benzene rings is 2. The van der Waals surface area contributed by atoms with E-state index in [1.165, 1.54) is 19.1 Å². The maximum Gasteiger partial charge on any atom is 0.337 e. The van der Waals surface area contributed by atoms with Gasteiger partial charge in [-0.2, -0.15) is 0 Å². The molecule has 6 nitrogen and oxygen atoms in total. The van der Waals surface area contributed by atoms with Gasteiger partial charge in [-0.15, -0.1) is 0 Å². The van der Waals surface area contributed by atoms with Gasteiger partial charge in [-0.1, -0.05) is 66.4 Å². The Bertz CT molecular complexity index is 986. The Kier molecular flexibility index (Phi) is 6.46. The average Bonchev–Trinajstić information content (AvgIpc) is 3.02. The van der Waals surface area contributed by atoms with E-state index in [2.05, 4.69) is 4.74 Å². The fourth-order valence-electron chi connectivity index (χ4n) is 2.82. The number of hydrogen-bond acceptors (Lipinski definition) is 7. The largest absolute Gasteiger partial charge is 0.467 e. The van der Waals surface area contributed by atoms with Crippen molar-refractivity contribution in [3.8, 4) is 0 Å². The van der Waals surface area contributed by atoms with Crippen molar-refractivity contribution in [3.63, 3.8) is 0 Å². The molecule has 1 aliphatic rings. The molecule has 148 valence electrons. The van der Waals surface area contributed by atoms with Crippen LogP contribution >= 0.6 is 24.0 Å². The van der Waals surface area contributed by atoms with Crippen molar-refractivity contribution >= 4 is 52.2 Å². The Balaban J connectivity index is 1.91. The SMILES string of the molecule is COC(=O)c1ccc(/C=C2\SC(=S)N(C(C(=O)OC)c3ccccc3)C2=O)cc1. The molecule has 0 aliphatic carbocycles. The van der Waals surface area contributed by atoms with E-state index in [0.717, 1.165) is 11.8 Å². The number of carbonyl (C=O) groups is 3. The number of amides is 1. The molecule has 1 fully saturated rings. The van der Waals surface area contributed by atoms with Crippen LogP contribution in [-0.2, 0) is 19.1 Å². The van der Waals surface area contributed by atoms with Crippen LogP contribution in [0.2, 0.25) is 0 Å². The fraction of sp³-hybridized carbons (Fsp3) is 0.143. The van der Waals surface area contributed by atoms with Crippen LogP contribution in [0.4, 0.5) is 0 Å². The Labute approximate surface area is 177 Å². The number of rotatable bonds is 5. The summed E-state index contributed by atoms with van der Waals surface area (Å²) in [5.74, 6) is -1.39. The van der Waals surface area contributed by atoms with Crippen LogP contribution in [0.25, 0.3) is 6.08 Å². The molecule has 8 heteroatoms. The molecule has 1 saturated heterocycles. The summed E-state index contributed by atoms with van der Waals surface area (Å²) in [6.07, 6.45) is 1.67. The third-order valence-corrected chi connectivity index (χ3v) is 5.58. The van der Waals surface area contributed by atoms with Gasteiger partial charge in [0.25, 0.3) is 5.91 Å². The lowest BCUT2D eigenvalue weighted by molar-refractivity contribution is -0.148. The number of nitrogens with zero attached hydrogens (tertiary/aromatic N) is 1. The highest BCUT2D eigenvalue weighted by Gasteiger charge is 2.41. The Morgan fingerprint density at radius 2 is 1.69 bits per heavy atom. The highest BCUT2D eigenvalue weighted by Crippen LogP contribution is 2.38. The van der Waals surface area contributed by atoms with E-state index in [4.69, 9.17) is 17.0 Å². The van der Waals surface area contributed by atoms with Crippen molar-refractivity contribution in [2.24, 2.45) is 0 Å². The maximum absolute atomic E-state index is 13.0. The van der Waals surface area contributed by atoms with Gasteiger partial charge in [0, 0.05) is 0 Å². The van der Waals surface area contributed by atoms with Crippen molar-refractivity contribution in [2.75, 3.05) is 14.2 Å². The number of methoxy groups -OCH3 is 2. The Morgan fingerprint density at radius 1 is 1.03 bits per heavy atom. The normalized spacial score (nSPS) is 16.1. The zero-order valence-electron chi connectivity index (χ0n) is 15.7. The molecule has 1 aliphatic heterocycles. The molecule has 0 N–H and O–H groups in total. The second kappa shape index (κ2) is 9.02. The van der Waals surface area contributed by atoms with Gasteiger partial charge in [-0.25, -0.2) is 9.59 Å². The lowest BCUT2D eigenvalue weighted by Gasteiger charge is -2.24.